The molecule has 0 amide bonds. The van der Waals surface area contributed by atoms with Crippen LogP contribution in [0.15, 0.2) is 97.1 Å². The highest BCUT2D eigenvalue weighted by molar-refractivity contribution is 5.52. The summed E-state index contributed by atoms with van der Waals surface area (Å²) in [4.78, 5) is 0. The van der Waals surface area contributed by atoms with E-state index in [2.05, 4.69) is 118 Å². The van der Waals surface area contributed by atoms with Crippen molar-refractivity contribution in [3.63, 3.8) is 0 Å². The first-order valence-corrected chi connectivity index (χ1v) is 16.3. The summed E-state index contributed by atoms with van der Waals surface area (Å²) in [5.41, 5.74) is 7.31. The Balaban J connectivity index is 1.15. The smallest absolute Gasteiger partial charge is 0.119 e. The first-order chi connectivity index (χ1) is 21.4. The molecule has 0 N–H and O–H groups in total. The van der Waals surface area contributed by atoms with Crippen molar-refractivity contribution in [1.82, 2.24) is 0 Å². The maximum Gasteiger partial charge on any atom is 0.119 e. The largest absolute Gasteiger partial charge is 0.491 e. The molecule has 44 heavy (non-hydrogen) atoms. The fraction of sp³-hybridized carbons (Fsp3) is 0.400. The number of ether oxygens (including phenoxy) is 4. The lowest BCUT2D eigenvalue weighted by Crippen LogP contribution is -2.26. The molecule has 4 aromatic rings. The molecule has 3 fully saturated rings. The van der Waals surface area contributed by atoms with E-state index in [4.69, 9.17) is 18.9 Å². The molecule has 2 aliphatic heterocycles. The van der Waals surface area contributed by atoms with Crippen molar-refractivity contribution in [2.24, 2.45) is 5.92 Å². The van der Waals surface area contributed by atoms with Gasteiger partial charge >= 0.3 is 0 Å². The van der Waals surface area contributed by atoms with Gasteiger partial charge in [-0.3, -0.25) is 0 Å². The summed E-state index contributed by atoms with van der Waals surface area (Å²) < 4.78 is 22.5. The molecule has 228 valence electrons. The Labute approximate surface area is 262 Å². The average Bonchev–Trinajstić information content (AvgIpc) is 3.91. The van der Waals surface area contributed by atoms with Crippen LogP contribution in [-0.4, -0.2) is 38.6 Å². The van der Waals surface area contributed by atoms with Gasteiger partial charge in [0.25, 0.3) is 0 Å². The highest BCUT2D eigenvalue weighted by Gasteiger charge is 2.33. The van der Waals surface area contributed by atoms with E-state index in [-0.39, 0.29) is 23.0 Å². The van der Waals surface area contributed by atoms with Crippen LogP contribution in [0, 0.1) is 5.92 Å². The van der Waals surface area contributed by atoms with Crippen LogP contribution in [0.25, 0.3) is 0 Å². The van der Waals surface area contributed by atoms with Gasteiger partial charge in [-0.05, 0) is 83.3 Å². The second-order valence-electron chi connectivity index (χ2n) is 13.6. The minimum Gasteiger partial charge on any atom is -0.491 e. The lowest BCUT2D eigenvalue weighted by atomic mass is 9.70. The van der Waals surface area contributed by atoms with Crippen LogP contribution in [0.5, 0.6) is 11.5 Å². The van der Waals surface area contributed by atoms with E-state index in [9.17, 15) is 0 Å². The first-order valence-electron chi connectivity index (χ1n) is 16.3. The first kappa shape index (κ1) is 29.1. The summed E-state index contributed by atoms with van der Waals surface area (Å²) in [5.74, 6) is 2.71. The summed E-state index contributed by atoms with van der Waals surface area (Å²) in [6.07, 6.45) is 5.85. The Morgan fingerprint density at radius 3 is 1.36 bits per heavy atom. The Morgan fingerprint density at radius 2 is 0.955 bits per heavy atom. The van der Waals surface area contributed by atoms with Crippen LogP contribution in [0.2, 0.25) is 0 Å². The van der Waals surface area contributed by atoms with Crippen LogP contribution in [0.1, 0.15) is 73.4 Å². The molecule has 4 aromatic carbocycles. The second kappa shape index (κ2) is 12.1. The molecule has 0 aromatic heterocycles. The average molecular weight is 589 g/mol. The second-order valence-corrected chi connectivity index (χ2v) is 13.6. The number of hydrogen-bond donors (Lipinski definition) is 0. The van der Waals surface area contributed by atoms with E-state index in [1.54, 1.807) is 0 Å². The van der Waals surface area contributed by atoms with E-state index in [1.165, 1.54) is 59.1 Å². The summed E-state index contributed by atoms with van der Waals surface area (Å²) in [5, 5.41) is 0. The maximum atomic E-state index is 5.95. The number of epoxide rings is 2. The predicted molar refractivity (Wildman–Crippen MR) is 175 cm³/mol. The Hall–Kier alpha value is -3.60. The molecule has 1 saturated carbocycles. The molecule has 7 rings (SSSR count). The van der Waals surface area contributed by atoms with Crippen molar-refractivity contribution in [2.45, 2.75) is 69.5 Å². The molecule has 2 unspecified atom stereocenters. The SMILES string of the molecule is CC(C)(c1ccc(CCC2CC2)cc1)c1ccc(C(C)(c2ccc(OCC3CO3)cc2)c2ccc(OCC3CO3)cc2)cc1. The van der Waals surface area contributed by atoms with Crippen molar-refractivity contribution in [3.05, 3.63) is 130 Å². The molecule has 2 saturated heterocycles. The van der Waals surface area contributed by atoms with Crippen molar-refractivity contribution in [3.8, 4) is 11.5 Å². The minimum atomic E-state index is -0.373. The standard InChI is InChI=1S/C40H44O4/c1-39(2,30-10-8-29(9-11-30)7-6-28-4-5-28)31-12-14-32(15-13-31)40(3,33-16-20-35(21-17-33)41-24-37-26-43-37)34-18-22-36(23-19-34)42-25-38-27-44-38/h8-23,28,37-38H,4-7,24-27H2,1-3H3. The zero-order chi connectivity index (χ0) is 30.1. The molecule has 2 heterocycles. The fourth-order valence-corrected chi connectivity index (χ4v) is 6.23. The van der Waals surface area contributed by atoms with Crippen LogP contribution < -0.4 is 9.47 Å². The summed E-state index contributed by atoms with van der Waals surface area (Å²) in [6.45, 7) is 9.77. The molecule has 0 radical (unpaired) electrons. The van der Waals surface area contributed by atoms with Gasteiger partial charge in [0, 0.05) is 10.8 Å². The van der Waals surface area contributed by atoms with Gasteiger partial charge in [-0.2, -0.15) is 0 Å². The third-order valence-electron chi connectivity index (χ3n) is 9.94. The minimum absolute atomic E-state index is 0.0987. The van der Waals surface area contributed by atoms with Gasteiger partial charge in [-0.15, -0.1) is 0 Å². The van der Waals surface area contributed by atoms with Crippen molar-refractivity contribution in [1.29, 1.82) is 0 Å². The summed E-state index contributed by atoms with van der Waals surface area (Å²) in [6, 6.07) is 35.7. The van der Waals surface area contributed by atoms with Gasteiger partial charge in [0.15, 0.2) is 0 Å². The predicted octanol–water partition coefficient (Wildman–Crippen LogP) is 8.26. The Morgan fingerprint density at radius 1 is 0.568 bits per heavy atom. The quantitative estimate of drug-likeness (QED) is 0.110. The van der Waals surface area contributed by atoms with Crippen molar-refractivity contribution in [2.75, 3.05) is 26.4 Å². The van der Waals surface area contributed by atoms with E-state index < -0.39 is 0 Å². The molecule has 1 aliphatic carbocycles. The molecular formula is C40H44O4. The molecular weight excluding hydrogens is 544 g/mol. The summed E-state index contributed by atoms with van der Waals surface area (Å²) >= 11 is 0. The van der Waals surface area contributed by atoms with E-state index in [1.807, 2.05) is 0 Å². The fourth-order valence-electron chi connectivity index (χ4n) is 6.23. The van der Waals surface area contributed by atoms with Crippen LogP contribution >= 0.6 is 0 Å². The number of rotatable bonds is 14. The van der Waals surface area contributed by atoms with Gasteiger partial charge in [-0.25, -0.2) is 0 Å². The molecule has 0 bridgehead atoms. The zero-order valence-electron chi connectivity index (χ0n) is 26.3. The maximum absolute atomic E-state index is 5.95. The lowest BCUT2D eigenvalue weighted by molar-refractivity contribution is 0.263. The highest BCUT2D eigenvalue weighted by atomic mass is 16.6. The van der Waals surface area contributed by atoms with Gasteiger partial charge in [0.2, 0.25) is 0 Å². The molecule has 4 nitrogen and oxygen atoms in total. The van der Waals surface area contributed by atoms with Crippen LogP contribution in [0.4, 0.5) is 0 Å². The van der Waals surface area contributed by atoms with E-state index in [0.29, 0.717) is 13.2 Å². The van der Waals surface area contributed by atoms with Crippen LogP contribution in [-0.2, 0) is 26.7 Å². The van der Waals surface area contributed by atoms with Gasteiger partial charge in [0.05, 0.1) is 13.2 Å². The Bertz CT molecular complexity index is 1470. The van der Waals surface area contributed by atoms with Gasteiger partial charge in [0.1, 0.15) is 36.9 Å². The highest BCUT2D eigenvalue weighted by Crippen LogP contribution is 2.42. The topological polar surface area (TPSA) is 43.5 Å². The third-order valence-corrected chi connectivity index (χ3v) is 9.94. The van der Waals surface area contributed by atoms with Crippen LogP contribution in [0.3, 0.4) is 0 Å². The monoisotopic (exact) mass is 588 g/mol. The lowest BCUT2D eigenvalue weighted by Gasteiger charge is -2.33. The zero-order valence-corrected chi connectivity index (χ0v) is 26.3. The van der Waals surface area contributed by atoms with E-state index >= 15 is 0 Å². The van der Waals surface area contributed by atoms with Gasteiger partial charge in [-0.1, -0.05) is 99.5 Å². The van der Waals surface area contributed by atoms with Gasteiger partial charge < -0.3 is 18.9 Å². The molecule has 4 heteroatoms. The number of aryl methyl sites for hydroxylation is 1. The summed E-state index contributed by atoms with van der Waals surface area (Å²) in [7, 11) is 0. The normalized spacial score (nSPS) is 20.5. The number of hydrogen-bond acceptors (Lipinski definition) is 4. The third kappa shape index (κ3) is 6.57. The van der Waals surface area contributed by atoms with Crippen molar-refractivity contribution >= 4 is 0 Å². The van der Waals surface area contributed by atoms with Crippen molar-refractivity contribution < 1.29 is 18.9 Å². The Kier molecular flexibility index (Phi) is 7.99. The number of benzene rings is 4. The van der Waals surface area contributed by atoms with E-state index in [0.717, 1.165) is 30.6 Å². The molecule has 3 aliphatic rings. The molecule has 0 spiro atoms. The molecule has 2 atom stereocenters.